The lowest BCUT2D eigenvalue weighted by Crippen LogP contribution is -2.31. The molecule has 0 bridgehead atoms. The molecule has 2 aromatic carbocycles. The summed E-state index contributed by atoms with van der Waals surface area (Å²) in [6.45, 7) is 0.439. The molecular formula is C25H22N4OS. The molecule has 2 aromatic heterocycles. The Morgan fingerprint density at radius 3 is 2.81 bits per heavy atom. The SMILES string of the molecule is N#CCn1c(CN[C@@H]2CCCc3ccccc32)nc2scc(-c3ccccc3)c2c1=O. The van der Waals surface area contributed by atoms with Gasteiger partial charge in [0.25, 0.3) is 5.56 Å². The third kappa shape index (κ3) is 3.67. The van der Waals surface area contributed by atoms with E-state index in [4.69, 9.17) is 4.98 Å². The van der Waals surface area contributed by atoms with Crippen molar-refractivity contribution in [1.82, 2.24) is 14.9 Å². The van der Waals surface area contributed by atoms with Crippen LogP contribution in [-0.4, -0.2) is 9.55 Å². The van der Waals surface area contributed by atoms with Gasteiger partial charge in [-0.05, 0) is 36.0 Å². The van der Waals surface area contributed by atoms with Gasteiger partial charge in [0.05, 0.1) is 18.0 Å². The molecule has 2 heterocycles. The molecule has 31 heavy (non-hydrogen) atoms. The summed E-state index contributed by atoms with van der Waals surface area (Å²) in [5.74, 6) is 0.614. The number of thiophene rings is 1. The Bertz CT molecular complexity index is 1330. The van der Waals surface area contributed by atoms with Gasteiger partial charge in [0.15, 0.2) is 0 Å². The summed E-state index contributed by atoms with van der Waals surface area (Å²) in [6.07, 6.45) is 3.30. The van der Waals surface area contributed by atoms with Crippen LogP contribution in [0.1, 0.15) is 35.8 Å². The maximum Gasteiger partial charge on any atom is 0.263 e. The molecule has 6 heteroatoms. The van der Waals surface area contributed by atoms with Crippen LogP contribution in [0.4, 0.5) is 0 Å². The summed E-state index contributed by atoms with van der Waals surface area (Å²) < 4.78 is 1.52. The smallest absolute Gasteiger partial charge is 0.263 e. The summed E-state index contributed by atoms with van der Waals surface area (Å²) in [6, 6.07) is 20.8. The van der Waals surface area contributed by atoms with Crippen molar-refractivity contribution in [3.8, 4) is 17.2 Å². The van der Waals surface area contributed by atoms with Crippen LogP contribution >= 0.6 is 11.3 Å². The Kier molecular flexibility index (Phi) is 5.37. The molecule has 0 amide bonds. The summed E-state index contributed by atoms with van der Waals surface area (Å²) in [5, 5.41) is 15.5. The number of nitrogens with one attached hydrogen (secondary N) is 1. The quantitative estimate of drug-likeness (QED) is 0.497. The van der Waals surface area contributed by atoms with Gasteiger partial charge in [-0.15, -0.1) is 11.3 Å². The Morgan fingerprint density at radius 2 is 1.97 bits per heavy atom. The van der Waals surface area contributed by atoms with Gasteiger partial charge in [-0.25, -0.2) is 4.98 Å². The van der Waals surface area contributed by atoms with Gasteiger partial charge in [0.1, 0.15) is 17.2 Å². The molecule has 1 aliphatic carbocycles. The highest BCUT2D eigenvalue weighted by molar-refractivity contribution is 7.17. The number of hydrogen-bond acceptors (Lipinski definition) is 5. The highest BCUT2D eigenvalue weighted by atomic mass is 32.1. The van der Waals surface area contributed by atoms with Crippen LogP contribution in [0.2, 0.25) is 0 Å². The van der Waals surface area contributed by atoms with Crippen LogP contribution in [0.15, 0.2) is 64.8 Å². The summed E-state index contributed by atoms with van der Waals surface area (Å²) in [5.41, 5.74) is 4.43. The monoisotopic (exact) mass is 426 g/mol. The fourth-order valence-electron chi connectivity index (χ4n) is 4.45. The van der Waals surface area contributed by atoms with Crippen molar-refractivity contribution in [2.24, 2.45) is 0 Å². The average Bonchev–Trinajstić information content (AvgIpc) is 3.24. The zero-order chi connectivity index (χ0) is 21.2. The van der Waals surface area contributed by atoms with Crippen molar-refractivity contribution in [2.45, 2.75) is 38.4 Å². The molecule has 0 spiro atoms. The molecule has 0 fully saturated rings. The maximum atomic E-state index is 13.4. The van der Waals surface area contributed by atoms with Gasteiger partial charge in [-0.2, -0.15) is 5.26 Å². The fraction of sp³-hybridized carbons (Fsp3) is 0.240. The second-order valence-electron chi connectivity index (χ2n) is 7.80. The molecule has 5 nitrogen and oxygen atoms in total. The molecule has 0 radical (unpaired) electrons. The first-order valence-corrected chi connectivity index (χ1v) is 11.4. The van der Waals surface area contributed by atoms with E-state index in [1.807, 2.05) is 35.7 Å². The van der Waals surface area contributed by atoms with E-state index in [1.165, 1.54) is 27.0 Å². The van der Waals surface area contributed by atoms with E-state index >= 15 is 0 Å². The Hall–Kier alpha value is -3.27. The third-order valence-electron chi connectivity index (χ3n) is 5.96. The first-order chi connectivity index (χ1) is 15.3. The predicted molar refractivity (Wildman–Crippen MR) is 124 cm³/mol. The zero-order valence-corrected chi connectivity index (χ0v) is 17.9. The summed E-state index contributed by atoms with van der Waals surface area (Å²) in [4.78, 5) is 18.9. The first kappa shape index (κ1) is 19.7. The van der Waals surface area contributed by atoms with E-state index in [-0.39, 0.29) is 18.1 Å². The molecule has 1 aliphatic rings. The molecule has 1 N–H and O–H groups in total. The summed E-state index contributed by atoms with van der Waals surface area (Å²) in [7, 11) is 0. The van der Waals surface area contributed by atoms with Crippen molar-refractivity contribution in [3.05, 3.63) is 87.3 Å². The van der Waals surface area contributed by atoms with Crippen LogP contribution < -0.4 is 10.9 Å². The molecule has 4 aromatic rings. The van der Waals surface area contributed by atoms with Gasteiger partial charge < -0.3 is 5.32 Å². The van der Waals surface area contributed by atoms with Crippen molar-refractivity contribution in [2.75, 3.05) is 0 Å². The topological polar surface area (TPSA) is 70.7 Å². The number of nitriles is 1. The van der Waals surface area contributed by atoms with E-state index in [2.05, 4.69) is 35.7 Å². The number of benzene rings is 2. The highest BCUT2D eigenvalue weighted by Crippen LogP contribution is 2.32. The molecule has 0 aliphatic heterocycles. The number of aromatic nitrogens is 2. The second-order valence-corrected chi connectivity index (χ2v) is 8.66. The minimum atomic E-state index is -0.146. The molecule has 1 atom stereocenters. The van der Waals surface area contributed by atoms with E-state index in [0.29, 0.717) is 17.8 Å². The largest absolute Gasteiger partial charge is 0.303 e. The van der Waals surface area contributed by atoms with E-state index in [9.17, 15) is 10.1 Å². The molecule has 154 valence electrons. The summed E-state index contributed by atoms with van der Waals surface area (Å²) >= 11 is 1.48. The van der Waals surface area contributed by atoms with Crippen molar-refractivity contribution in [1.29, 1.82) is 5.26 Å². The number of aryl methyl sites for hydroxylation is 1. The van der Waals surface area contributed by atoms with E-state index in [0.717, 1.165) is 35.2 Å². The standard InChI is InChI=1S/C25H22N4OS/c26-13-14-29-22(15-27-21-12-6-10-17-9-4-5-11-19(17)21)28-24-23(25(29)30)20(16-31-24)18-7-2-1-3-8-18/h1-5,7-9,11,16,21,27H,6,10,12,14-15H2/t21-/m1/s1. The van der Waals surface area contributed by atoms with Crippen molar-refractivity contribution in [3.63, 3.8) is 0 Å². The minimum Gasteiger partial charge on any atom is -0.303 e. The van der Waals surface area contributed by atoms with E-state index in [1.54, 1.807) is 0 Å². The zero-order valence-electron chi connectivity index (χ0n) is 17.0. The minimum absolute atomic E-state index is 0.00980. The number of hydrogen-bond donors (Lipinski definition) is 1. The molecule has 0 unspecified atom stereocenters. The molecule has 0 saturated carbocycles. The fourth-order valence-corrected chi connectivity index (χ4v) is 5.40. The van der Waals surface area contributed by atoms with Crippen LogP contribution in [-0.2, 0) is 19.5 Å². The normalized spacial score (nSPS) is 15.5. The maximum absolute atomic E-state index is 13.4. The van der Waals surface area contributed by atoms with Crippen LogP contribution in [0.3, 0.4) is 0 Å². The lowest BCUT2D eigenvalue weighted by molar-refractivity contribution is 0.446. The van der Waals surface area contributed by atoms with Crippen molar-refractivity contribution >= 4 is 21.6 Å². The van der Waals surface area contributed by atoms with Gasteiger partial charge in [-0.3, -0.25) is 9.36 Å². The molecule has 0 saturated heterocycles. The third-order valence-corrected chi connectivity index (χ3v) is 6.83. The second kappa shape index (κ2) is 8.46. The van der Waals surface area contributed by atoms with Crippen LogP contribution in [0.5, 0.6) is 0 Å². The Balaban J connectivity index is 1.52. The highest BCUT2D eigenvalue weighted by Gasteiger charge is 2.21. The predicted octanol–water partition coefficient (Wildman–Crippen LogP) is 4.82. The number of fused-ring (bicyclic) bond motifs is 2. The first-order valence-electron chi connectivity index (χ1n) is 10.5. The Morgan fingerprint density at radius 1 is 1.16 bits per heavy atom. The lowest BCUT2D eigenvalue weighted by atomic mass is 9.88. The van der Waals surface area contributed by atoms with Gasteiger partial charge in [0, 0.05) is 17.0 Å². The van der Waals surface area contributed by atoms with Crippen molar-refractivity contribution < 1.29 is 0 Å². The van der Waals surface area contributed by atoms with Gasteiger partial charge in [0.2, 0.25) is 0 Å². The van der Waals surface area contributed by atoms with Crippen LogP contribution in [0, 0.1) is 11.3 Å². The van der Waals surface area contributed by atoms with Gasteiger partial charge in [-0.1, -0.05) is 54.6 Å². The number of nitrogens with zero attached hydrogens (tertiary/aromatic N) is 3. The van der Waals surface area contributed by atoms with Crippen LogP contribution in [0.25, 0.3) is 21.3 Å². The number of rotatable bonds is 5. The van der Waals surface area contributed by atoms with E-state index < -0.39 is 0 Å². The molecular weight excluding hydrogens is 404 g/mol. The molecule has 5 rings (SSSR count). The lowest BCUT2D eigenvalue weighted by Gasteiger charge is -2.26. The Labute approximate surface area is 184 Å². The van der Waals surface area contributed by atoms with Gasteiger partial charge >= 0.3 is 0 Å². The average molecular weight is 427 g/mol.